The first-order valence-electron chi connectivity index (χ1n) is 7.47. The molecule has 0 atom stereocenters. The summed E-state index contributed by atoms with van der Waals surface area (Å²) in [7, 11) is 0. The number of furan rings is 1. The van der Waals surface area contributed by atoms with E-state index in [0.717, 1.165) is 0 Å². The van der Waals surface area contributed by atoms with Gasteiger partial charge in [-0.25, -0.2) is 9.38 Å². The first-order valence-corrected chi connectivity index (χ1v) is 7.47. The minimum atomic E-state index is -0.598. The monoisotopic (exact) mass is 356 g/mol. The number of nitrogens with one attached hydrogen (secondary N) is 1. The van der Waals surface area contributed by atoms with Crippen molar-refractivity contribution >= 4 is 28.5 Å². The molecular formula is C17H13FN4O4. The maximum Gasteiger partial charge on any atom is 0.290 e. The Bertz CT molecular complexity index is 996. The molecule has 0 unspecified atom stereocenters. The summed E-state index contributed by atoms with van der Waals surface area (Å²) in [4.78, 5) is 14.3. The van der Waals surface area contributed by atoms with E-state index in [-0.39, 0.29) is 17.5 Å². The number of nitro groups is 1. The third-order valence-electron chi connectivity index (χ3n) is 3.37. The molecule has 2 aromatic carbocycles. The lowest BCUT2D eigenvalue weighted by Crippen LogP contribution is -2.26. The first-order chi connectivity index (χ1) is 12.5. The zero-order chi connectivity index (χ0) is 18.5. The molecule has 0 fully saturated rings. The Labute approximate surface area is 146 Å². The smallest absolute Gasteiger partial charge is 0.290 e. The maximum absolute atomic E-state index is 12.9. The highest BCUT2D eigenvalue weighted by Gasteiger charge is 2.11. The molecule has 0 bridgehead atoms. The van der Waals surface area contributed by atoms with Gasteiger partial charge in [-0.15, -0.1) is 0 Å². The fraction of sp³-hybridized carbons (Fsp3) is 0.0588. The van der Waals surface area contributed by atoms with Crippen LogP contribution in [0.25, 0.3) is 10.8 Å². The highest BCUT2D eigenvalue weighted by atomic mass is 19.1. The first kappa shape index (κ1) is 17.1. The Morgan fingerprint density at radius 1 is 1.23 bits per heavy atom. The normalized spacial score (nSPS) is 12.0. The third kappa shape index (κ3) is 4.01. The van der Waals surface area contributed by atoms with Crippen LogP contribution in [0.4, 0.5) is 10.1 Å². The molecule has 132 valence electrons. The summed E-state index contributed by atoms with van der Waals surface area (Å²) in [6, 6.07) is 12.1. The van der Waals surface area contributed by atoms with E-state index in [9.17, 15) is 19.6 Å². The number of nitrogens with zero attached hydrogens (tertiary/aromatic N) is 3. The molecular weight excluding hydrogens is 343 g/mol. The fourth-order valence-corrected chi connectivity index (χ4v) is 2.25. The van der Waals surface area contributed by atoms with Gasteiger partial charge in [-0.05, 0) is 30.3 Å². The number of fused-ring (bicyclic) bond motifs is 1. The van der Waals surface area contributed by atoms with E-state index in [1.807, 2.05) is 0 Å². The van der Waals surface area contributed by atoms with E-state index in [1.165, 1.54) is 30.5 Å². The lowest BCUT2D eigenvalue weighted by Gasteiger charge is -2.01. The van der Waals surface area contributed by atoms with Crippen molar-refractivity contribution in [3.05, 3.63) is 70.2 Å². The minimum Gasteiger partial charge on any atom is -0.480 e. The standard InChI is InChI=1S/C17H13FN4O4/c18-11-5-7-12(8-6-11)20-16(10-22(24)25)21-19-9-15-13-3-1-2-4-14(13)17(23)26-15/h1-9,23H,10H2,(H,20,21). The van der Waals surface area contributed by atoms with E-state index in [4.69, 9.17) is 4.42 Å². The predicted octanol–water partition coefficient (Wildman–Crippen LogP) is 3.21. The average molecular weight is 356 g/mol. The second kappa shape index (κ2) is 7.43. The number of amidine groups is 1. The molecule has 3 aromatic rings. The topological polar surface area (TPSA) is 113 Å². The SMILES string of the molecule is O=[N+]([O-])CC(=Nc1ccc(F)cc1)NN=Cc1oc(O)c2ccccc12. The second-order valence-electron chi connectivity index (χ2n) is 5.21. The van der Waals surface area contributed by atoms with Crippen LogP contribution in [0.2, 0.25) is 0 Å². The molecule has 0 saturated heterocycles. The van der Waals surface area contributed by atoms with E-state index in [0.29, 0.717) is 16.5 Å². The molecule has 9 heteroatoms. The minimum absolute atomic E-state index is 0.0436. The van der Waals surface area contributed by atoms with Crippen LogP contribution in [-0.2, 0) is 0 Å². The van der Waals surface area contributed by atoms with Crippen LogP contribution in [0.1, 0.15) is 5.76 Å². The van der Waals surface area contributed by atoms with Gasteiger partial charge in [0, 0.05) is 10.3 Å². The van der Waals surface area contributed by atoms with E-state index in [1.54, 1.807) is 24.3 Å². The van der Waals surface area contributed by atoms with E-state index in [2.05, 4.69) is 15.5 Å². The zero-order valence-electron chi connectivity index (χ0n) is 13.3. The summed E-state index contributed by atoms with van der Waals surface area (Å²) >= 11 is 0. The van der Waals surface area contributed by atoms with Crippen LogP contribution in [0.5, 0.6) is 5.95 Å². The summed E-state index contributed by atoms with van der Waals surface area (Å²) in [5, 5.41) is 25.6. The van der Waals surface area contributed by atoms with Crippen molar-refractivity contribution in [3.8, 4) is 5.95 Å². The molecule has 0 aliphatic rings. The molecule has 26 heavy (non-hydrogen) atoms. The summed E-state index contributed by atoms with van der Waals surface area (Å²) in [6.45, 7) is -0.598. The van der Waals surface area contributed by atoms with Gasteiger partial charge in [-0.2, -0.15) is 5.10 Å². The lowest BCUT2D eigenvalue weighted by atomic mass is 10.2. The van der Waals surface area contributed by atoms with Crippen LogP contribution in [0.3, 0.4) is 0 Å². The van der Waals surface area contributed by atoms with Crippen molar-refractivity contribution < 1.29 is 18.8 Å². The van der Waals surface area contributed by atoms with Crippen molar-refractivity contribution in [2.45, 2.75) is 0 Å². The van der Waals surface area contributed by atoms with Gasteiger partial charge in [0.2, 0.25) is 0 Å². The maximum atomic E-state index is 12.9. The van der Waals surface area contributed by atoms with Crippen LogP contribution in [0, 0.1) is 15.9 Å². The molecule has 0 aliphatic carbocycles. The van der Waals surface area contributed by atoms with Crippen molar-refractivity contribution in [2.24, 2.45) is 10.1 Å². The van der Waals surface area contributed by atoms with Crippen LogP contribution >= 0.6 is 0 Å². The summed E-state index contributed by atoms with van der Waals surface area (Å²) < 4.78 is 18.1. The summed E-state index contributed by atoms with van der Waals surface area (Å²) in [5.41, 5.74) is 2.82. The Balaban J connectivity index is 1.81. The summed E-state index contributed by atoms with van der Waals surface area (Å²) in [6.07, 6.45) is 1.28. The Kier molecular flexibility index (Phi) is 4.88. The van der Waals surface area contributed by atoms with Gasteiger partial charge in [-0.3, -0.25) is 15.5 Å². The zero-order valence-corrected chi connectivity index (χ0v) is 13.3. The molecule has 1 aromatic heterocycles. The van der Waals surface area contributed by atoms with Crippen LogP contribution in [-0.4, -0.2) is 28.6 Å². The highest BCUT2D eigenvalue weighted by Crippen LogP contribution is 2.29. The second-order valence-corrected chi connectivity index (χ2v) is 5.21. The number of halogens is 1. The Morgan fingerprint density at radius 3 is 2.62 bits per heavy atom. The molecule has 8 nitrogen and oxygen atoms in total. The molecule has 0 saturated carbocycles. The van der Waals surface area contributed by atoms with Crippen molar-refractivity contribution in [3.63, 3.8) is 0 Å². The number of rotatable bonds is 5. The third-order valence-corrected chi connectivity index (χ3v) is 3.37. The van der Waals surface area contributed by atoms with Gasteiger partial charge in [-0.1, -0.05) is 18.2 Å². The predicted molar refractivity (Wildman–Crippen MR) is 94.0 cm³/mol. The average Bonchev–Trinajstić information content (AvgIpc) is 2.93. The molecule has 0 radical (unpaired) electrons. The quantitative estimate of drug-likeness (QED) is 0.315. The number of hydrogen-bond acceptors (Lipinski definition) is 6. The molecule has 1 heterocycles. The lowest BCUT2D eigenvalue weighted by molar-refractivity contribution is -0.463. The van der Waals surface area contributed by atoms with Gasteiger partial charge in [0.05, 0.1) is 17.3 Å². The van der Waals surface area contributed by atoms with Crippen molar-refractivity contribution in [1.29, 1.82) is 0 Å². The van der Waals surface area contributed by atoms with Gasteiger partial charge in [0.1, 0.15) is 5.82 Å². The molecule has 0 spiro atoms. The summed E-state index contributed by atoms with van der Waals surface area (Å²) in [5.74, 6) is -0.436. The molecule has 0 aliphatic heterocycles. The molecule has 2 N–H and O–H groups in total. The number of benzene rings is 2. The molecule has 0 amide bonds. The number of aromatic hydroxyl groups is 1. The van der Waals surface area contributed by atoms with Crippen molar-refractivity contribution in [2.75, 3.05) is 6.54 Å². The Morgan fingerprint density at radius 2 is 1.92 bits per heavy atom. The Hall–Kier alpha value is -3.75. The van der Waals surface area contributed by atoms with Crippen LogP contribution in [0.15, 0.2) is 63.0 Å². The van der Waals surface area contributed by atoms with Gasteiger partial charge >= 0.3 is 0 Å². The number of hydrazone groups is 1. The highest BCUT2D eigenvalue weighted by molar-refractivity contribution is 6.00. The van der Waals surface area contributed by atoms with Gasteiger partial charge in [0.25, 0.3) is 12.5 Å². The van der Waals surface area contributed by atoms with E-state index < -0.39 is 17.3 Å². The number of hydrogen-bond donors (Lipinski definition) is 2. The van der Waals surface area contributed by atoms with Crippen molar-refractivity contribution in [1.82, 2.24) is 5.43 Å². The largest absolute Gasteiger partial charge is 0.480 e. The van der Waals surface area contributed by atoms with Crippen LogP contribution < -0.4 is 5.43 Å². The molecule has 3 rings (SSSR count). The number of aliphatic imine (C=N–C) groups is 1. The van der Waals surface area contributed by atoms with Gasteiger partial charge in [0.15, 0.2) is 11.6 Å². The fourth-order valence-electron chi connectivity index (χ4n) is 2.25. The van der Waals surface area contributed by atoms with Gasteiger partial charge < -0.3 is 9.52 Å². The van der Waals surface area contributed by atoms with E-state index >= 15 is 0 Å².